The van der Waals surface area contributed by atoms with Crippen LogP contribution >= 0.6 is 0 Å². The predicted molar refractivity (Wildman–Crippen MR) is 87.4 cm³/mol. The molecule has 0 spiro atoms. The van der Waals surface area contributed by atoms with Gasteiger partial charge in [0.25, 0.3) is 10.0 Å². The Hall–Kier alpha value is -3.00. The van der Waals surface area contributed by atoms with Crippen LogP contribution in [0.3, 0.4) is 0 Å². The third kappa shape index (κ3) is 2.67. The van der Waals surface area contributed by atoms with Gasteiger partial charge in [0, 0.05) is 29.7 Å². The molecule has 4 rings (SSSR count). The number of rotatable bonds is 4. The monoisotopic (exact) mass is 343 g/mol. The van der Waals surface area contributed by atoms with Crippen molar-refractivity contribution in [2.24, 2.45) is 0 Å². The van der Waals surface area contributed by atoms with Gasteiger partial charge >= 0.3 is 0 Å². The lowest BCUT2D eigenvalue weighted by molar-refractivity contribution is 0.174. The van der Waals surface area contributed by atoms with E-state index in [0.717, 1.165) is 11.4 Å². The minimum absolute atomic E-state index is 0.0977. The number of aromatic amines is 1. The molecule has 2 aromatic carbocycles. The highest BCUT2D eigenvalue weighted by Crippen LogP contribution is 2.34. The number of hydrogen-bond donors (Lipinski definition) is 2. The molecule has 3 aromatic rings. The van der Waals surface area contributed by atoms with Crippen LogP contribution in [-0.4, -0.2) is 25.2 Å². The first kappa shape index (κ1) is 14.6. The predicted octanol–water partition coefficient (Wildman–Crippen LogP) is 2.61. The highest BCUT2D eigenvalue weighted by molar-refractivity contribution is 7.92. The van der Waals surface area contributed by atoms with E-state index in [1.165, 1.54) is 12.1 Å². The Morgan fingerprint density at radius 1 is 1.04 bits per heavy atom. The van der Waals surface area contributed by atoms with Crippen molar-refractivity contribution < 1.29 is 17.9 Å². The average molecular weight is 343 g/mol. The number of fused-ring (bicyclic) bond motifs is 1. The van der Waals surface area contributed by atoms with Crippen molar-refractivity contribution in [3.63, 3.8) is 0 Å². The fourth-order valence-electron chi connectivity index (χ4n) is 2.38. The highest BCUT2D eigenvalue weighted by atomic mass is 32.2. The molecule has 8 heteroatoms. The Balaban J connectivity index is 1.57. The molecule has 7 nitrogen and oxygen atoms in total. The quantitative estimate of drug-likeness (QED) is 0.759. The van der Waals surface area contributed by atoms with Gasteiger partial charge in [0.1, 0.15) is 5.82 Å². The second-order valence-electron chi connectivity index (χ2n) is 5.14. The Morgan fingerprint density at radius 3 is 2.58 bits per heavy atom. The number of nitrogens with one attached hydrogen (secondary N) is 2. The van der Waals surface area contributed by atoms with Crippen LogP contribution in [-0.2, 0) is 10.0 Å². The summed E-state index contributed by atoms with van der Waals surface area (Å²) in [4.78, 5) is 7.26. The van der Waals surface area contributed by atoms with Crippen molar-refractivity contribution >= 4 is 15.7 Å². The zero-order valence-corrected chi connectivity index (χ0v) is 13.2. The molecule has 0 bridgehead atoms. The summed E-state index contributed by atoms with van der Waals surface area (Å²) in [6, 6.07) is 11.4. The third-order valence-electron chi connectivity index (χ3n) is 3.56. The lowest BCUT2D eigenvalue weighted by atomic mass is 10.2. The van der Waals surface area contributed by atoms with Crippen LogP contribution in [0.4, 0.5) is 5.69 Å². The Morgan fingerprint density at radius 2 is 1.83 bits per heavy atom. The van der Waals surface area contributed by atoms with E-state index in [2.05, 4.69) is 14.7 Å². The summed E-state index contributed by atoms with van der Waals surface area (Å²) < 4.78 is 37.9. The number of ether oxygens (including phenoxy) is 2. The molecule has 0 saturated carbocycles. The molecule has 1 aliphatic rings. The van der Waals surface area contributed by atoms with Gasteiger partial charge in [0.15, 0.2) is 11.5 Å². The Labute approximate surface area is 138 Å². The SMILES string of the molecule is O=S(=O)(Nc1ccc(-c2ncc[nH]2)cc1)c1ccc2c(c1)OCO2. The van der Waals surface area contributed by atoms with E-state index in [4.69, 9.17) is 9.47 Å². The summed E-state index contributed by atoms with van der Waals surface area (Å²) >= 11 is 0. The first-order valence-corrected chi connectivity index (χ1v) is 8.62. The highest BCUT2D eigenvalue weighted by Gasteiger charge is 2.20. The van der Waals surface area contributed by atoms with E-state index in [0.29, 0.717) is 17.2 Å². The zero-order valence-electron chi connectivity index (χ0n) is 12.4. The maximum atomic E-state index is 12.5. The number of sulfonamides is 1. The lowest BCUT2D eigenvalue weighted by Crippen LogP contribution is -2.12. The van der Waals surface area contributed by atoms with E-state index in [9.17, 15) is 8.42 Å². The lowest BCUT2D eigenvalue weighted by Gasteiger charge is -2.09. The number of anilines is 1. The first-order chi connectivity index (χ1) is 11.6. The maximum Gasteiger partial charge on any atom is 0.262 e. The second kappa shape index (κ2) is 5.57. The number of aromatic nitrogens is 2. The summed E-state index contributed by atoms with van der Waals surface area (Å²) in [6.07, 6.45) is 3.39. The van der Waals surface area contributed by atoms with E-state index in [1.807, 2.05) is 0 Å². The van der Waals surface area contributed by atoms with Crippen LogP contribution in [0, 0.1) is 0 Å². The molecular weight excluding hydrogens is 330 g/mol. The summed E-state index contributed by atoms with van der Waals surface area (Å²) in [6.45, 7) is 0.0977. The average Bonchev–Trinajstić information content (AvgIpc) is 3.26. The topological polar surface area (TPSA) is 93.3 Å². The van der Waals surface area contributed by atoms with Crippen molar-refractivity contribution in [2.45, 2.75) is 4.90 Å². The molecule has 24 heavy (non-hydrogen) atoms. The van der Waals surface area contributed by atoms with Gasteiger partial charge in [0.2, 0.25) is 6.79 Å². The van der Waals surface area contributed by atoms with E-state index in [-0.39, 0.29) is 11.7 Å². The van der Waals surface area contributed by atoms with Gasteiger partial charge in [-0.25, -0.2) is 13.4 Å². The molecule has 0 unspecified atom stereocenters. The first-order valence-electron chi connectivity index (χ1n) is 7.14. The fourth-order valence-corrected chi connectivity index (χ4v) is 3.45. The van der Waals surface area contributed by atoms with E-state index >= 15 is 0 Å². The second-order valence-corrected chi connectivity index (χ2v) is 6.82. The molecule has 2 heterocycles. The molecule has 1 aromatic heterocycles. The van der Waals surface area contributed by atoms with Crippen molar-refractivity contribution in [1.29, 1.82) is 0 Å². The van der Waals surface area contributed by atoms with Crippen molar-refractivity contribution in [3.8, 4) is 22.9 Å². The van der Waals surface area contributed by atoms with Crippen molar-refractivity contribution in [1.82, 2.24) is 9.97 Å². The van der Waals surface area contributed by atoms with Gasteiger partial charge in [-0.05, 0) is 36.4 Å². The van der Waals surface area contributed by atoms with E-state index < -0.39 is 10.0 Å². The number of benzene rings is 2. The molecule has 0 atom stereocenters. The smallest absolute Gasteiger partial charge is 0.262 e. The summed E-state index contributed by atoms with van der Waals surface area (Å²) in [5, 5.41) is 0. The molecule has 122 valence electrons. The molecule has 2 N–H and O–H groups in total. The van der Waals surface area contributed by atoms with Gasteiger partial charge in [0.05, 0.1) is 4.90 Å². The van der Waals surface area contributed by atoms with Crippen LogP contribution in [0.25, 0.3) is 11.4 Å². The van der Waals surface area contributed by atoms with E-state index in [1.54, 1.807) is 42.7 Å². The molecule has 0 aliphatic carbocycles. The van der Waals surface area contributed by atoms with Gasteiger partial charge in [-0.15, -0.1) is 0 Å². The molecule has 0 radical (unpaired) electrons. The fraction of sp³-hybridized carbons (Fsp3) is 0.0625. The largest absolute Gasteiger partial charge is 0.454 e. The standard InChI is InChI=1S/C16H13N3O4S/c20-24(21,13-5-6-14-15(9-13)23-10-22-14)19-12-3-1-11(2-4-12)16-17-7-8-18-16/h1-9,19H,10H2,(H,17,18). The molecule has 0 fully saturated rings. The zero-order chi connectivity index (χ0) is 16.6. The van der Waals surface area contributed by atoms with Gasteiger partial charge in [-0.2, -0.15) is 0 Å². The number of nitrogens with zero attached hydrogens (tertiary/aromatic N) is 1. The molecule has 0 amide bonds. The van der Waals surface area contributed by atoms with Crippen LogP contribution in [0.1, 0.15) is 0 Å². The number of imidazole rings is 1. The summed E-state index contributed by atoms with van der Waals surface area (Å²) in [7, 11) is -3.71. The normalized spacial score (nSPS) is 13.0. The number of H-pyrrole nitrogens is 1. The van der Waals surface area contributed by atoms with Crippen LogP contribution in [0.2, 0.25) is 0 Å². The molecular formula is C16H13N3O4S. The maximum absolute atomic E-state index is 12.5. The van der Waals surface area contributed by atoms with Crippen molar-refractivity contribution in [2.75, 3.05) is 11.5 Å². The molecule has 1 aliphatic heterocycles. The van der Waals surface area contributed by atoms with Crippen LogP contribution in [0.15, 0.2) is 59.8 Å². The Kier molecular flexibility index (Phi) is 3.39. The van der Waals surface area contributed by atoms with Crippen molar-refractivity contribution in [3.05, 3.63) is 54.9 Å². The molecule has 0 saturated heterocycles. The van der Waals surface area contributed by atoms with Crippen LogP contribution < -0.4 is 14.2 Å². The van der Waals surface area contributed by atoms with Crippen LogP contribution in [0.5, 0.6) is 11.5 Å². The minimum atomic E-state index is -3.71. The van der Waals surface area contributed by atoms with Gasteiger partial charge < -0.3 is 14.5 Å². The summed E-state index contributed by atoms with van der Waals surface area (Å²) in [5.41, 5.74) is 1.33. The third-order valence-corrected chi connectivity index (χ3v) is 4.94. The minimum Gasteiger partial charge on any atom is -0.454 e. The van der Waals surface area contributed by atoms with Gasteiger partial charge in [-0.1, -0.05) is 0 Å². The number of hydrogen-bond acceptors (Lipinski definition) is 5. The Bertz CT molecular complexity index is 967. The summed E-state index contributed by atoms with van der Waals surface area (Å²) in [5.74, 6) is 1.68. The van der Waals surface area contributed by atoms with Gasteiger partial charge in [-0.3, -0.25) is 4.72 Å².